The maximum atomic E-state index is 12.0. The van der Waals surface area contributed by atoms with Gasteiger partial charge in [0.2, 0.25) is 11.8 Å². The number of nitrogens with two attached hydrogens (primary N) is 1. The van der Waals surface area contributed by atoms with Crippen LogP contribution in [0.4, 0.5) is 0 Å². The number of halogens is 1. The van der Waals surface area contributed by atoms with Crippen LogP contribution in [-0.4, -0.2) is 55.6 Å². The Bertz CT molecular complexity index is 326. The Hall–Kier alpha value is -0.850. The molecule has 118 valence electrons. The van der Waals surface area contributed by atoms with Crippen LogP contribution in [0.15, 0.2) is 0 Å². The van der Waals surface area contributed by atoms with Gasteiger partial charge in [0.1, 0.15) is 0 Å². The van der Waals surface area contributed by atoms with E-state index in [2.05, 4.69) is 5.32 Å². The summed E-state index contributed by atoms with van der Waals surface area (Å²) >= 11 is 0. The van der Waals surface area contributed by atoms with Gasteiger partial charge in [-0.1, -0.05) is 0 Å². The number of methoxy groups -OCH3 is 1. The molecule has 2 unspecified atom stereocenters. The first kappa shape index (κ1) is 19.1. The van der Waals surface area contributed by atoms with Crippen LogP contribution in [-0.2, 0) is 14.3 Å². The first-order chi connectivity index (χ1) is 8.97. The van der Waals surface area contributed by atoms with E-state index in [1.54, 1.807) is 18.9 Å². The van der Waals surface area contributed by atoms with Gasteiger partial charge in [-0.2, -0.15) is 0 Å². The summed E-state index contributed by atoms with van der Waals surface area (Å²) in [7, 11) is 1.59. The van der Waals surface area contributed by atoms with Crippen molar-refractivity contribution in [2.24, 2.45) is 11.7 Å². The number of rotatable bonds is 5. The number of hydrogen-bond acceptors (Lipinski definition) is 4. The minimum atomic E-state index is -0.516. The average molecular weight is 308 g/mol. The molecular formula is C13H26ClN3O3. The van der Waals surface area contributed by atoms with Gasteiger partial charge in [0, 0.05) is 26.2 Å². The van der Waals surface area contributed by atoms with E-state index in [-0.39, 0.29) is 36.2 Å². The Morgan fingerprint density at radius 1 is 1.45 bits per heavy atom. The molecule has 1 fully saturated rings. The summed E-state index contributed by atoms with van der Waals surface area (Å²) in [6, 6.07) is -0.362. The van der Waals surface area contributed by atoms with Crippen molar-refractivity contribution in [2.75, 3.05) is 26.8 Å². The highest BCUT2D eigenvalue weighted by molar-refractivity contribution is 5.85. The minimum Gasteiger partial charge on any atom is -0.383 e. The van der Waals surface area contributed by atoms with Crippen LogP contribution in [0, 0.1) is 5.92 Å². The Labute approximate surface area is 126 Å². The smallest absolute Gasteiger partial charge is 0.239 e. The summed E-state index contributed by atoms with van der Waals surface area (Å²) < 4.78 is 4.89. The first-order valence-corrected chi connectivity index (χ1v) is 6.80. The molecule has 1 heterocycles. The van der Waals surface area contributed by atoms with Crippen molar-refractivity contribution in [3.8, 4) is 0 Å². The van der Waals surface area contributed by atoms with Crippen molar-refractivity contribution in [3.63, 3.8) is 0 Å². The van der Waals surface area contributed by atoms with Gasteiger partial charge in [-0.3, -0.25) is 9.59 Å². The van der Waals surface area contributed by atoms with Gasteiger partial charge >= 0.3 is 0 Å². The summed E-state index contributed by atoms with van der Waals surface area (Å²) in [4.78, 5) is 25.7. The third-order valence-electron chi connectivity index (χ3n) is 3.53. The predicted octanol–water partition coefficient (Wildman–Crippen LogP) is 0.145. The highest BCUT2D eigenvalue weighted by Gasteiger charge is 2.33. The van der Waals surface area contributed by atoms with Gasteiger partial charge in [-0.15, -0.1) is 12.4 Å². The summed E-state index contributed by atoms with van der Waals surface area (Å²) in [6.07, 6.45) is 1.64. The van der Waals surface area contributed by atoms with Gasteiger partial charge in [-0.25, -0.2) is 0 Å². The topological polar surface area (TPSA) is 84.7 Å². The summed E-state index contributed by atoms with van der Waals surface area (Å²) in [5, 5.41) is 2.82. The lowest BCUT2D eigenvalue weighted by molar-refractivity contribution is -0.139. The lowest BCUT2D eigenvalue weighted by atomic mass is 9.92. The second-order valence-corrected chi connectivity index (χ2v) is 5.19. The van der Waals surface area contributed by atoms with E-state index < -0.39 is 6.04 Å². The van der Waals surface area contributed by atoms with Crippen molar-refractivity contribution in [3.05, 3.63) is 0 Å². The zero-order chi connectivity index (χ0) is 14.4. The number of piperidine rings is 1. The molecule has 0 aliphatic carbocycles. The zero-order valence-electron chi connectivity index (χ0n) is 12.4. The number of likely N-dealkylation sites (tertiary alicyclic amines) is 1. The zero-order valence-corrected chi connectivity index (χ0v) is 13.2. The predicted molar refractivity (Wildman–Crippen MR) is 79.7 cm³/mol. The Kier molecular flexibility index (Phi) is 8.76. The van der Waals surface area contributed by atoms with Crippen molar-refractivity contribution in [1.29, 1.82) is 0 Å². The molecule has 0 bridgehead atoms. The number of nitrogens with one attached hydrogen (secondary N) is 1. The number of carbonyl (C=O) groups excluding carboxylic acids is 2. The van der Waals surface area contributed by atoms with Crippen LogP contribution < -0.4 is 11.1 Å². The maximum absolute atomic E-state index is 12.0. The van der Waals surface area contributed by atoms with Gasteiger partial charge in [0.05, 0.1) is 18.6 Å². The SMILES string of the molecule is COCCNC(=O)C1CCC(C)N(C(=O)[C@@H](C)N)C1.Cl. The lowest BCUT2D eigenvalue weighted by Crippen LogP contribution is -2.53. The summed E-state index contributed by atoms with van der Waals surface area (Å²) in [5.74, 6) is -0.232. The average Bonchev–Trinajstić information content (AvgIpc) is 2.38. The van der Waals surface area contributed by atoms with Gasteiger partial charge in [-0.05, 0) is 26.7 Å². The quantitative estimate of drug-likeness (QED) is 0.708. The van der Waals surface area contributed by atoms with Crippen molar-refractivity contribution in [2.45, 2.75) is 38.8 Å². The molecule has 1 aliphatic rings. The van der Waals surface area contributed by atoms with E-state index in [0.717, 1.165) is 12.8 Å². The molecule has 1 aliphatic heterocycles. The molecule has 0 aromatic heterocycles. The number of nitrogens with zero attached hydrogens (tertiary/aromatic N) is 1. The number of hydrogen-bond donors (Lipinski definition) is 2. The van der Waals surface area contributed by atoms with Crippen LogP contribution in [0.5, 0.6) is 0 Å². The summed E-state index contributed by atoms with van der Waals surface area (Å²) in [5.41, 5.74) is 5.64. The fraction of sp³-hybridized carbons (Fsp3) is 0.846. The van der Waals surface area contributed by atoms with Crippen LogP contribution in [0.2, 0.25) is 0 Å². The molecule has 1 saturated heterocycles. The standard InChI is InChI=1S/C13H25N3O3.ClH/c1-9-4-5-11(12(17)15-6-7-19-3)8-16(9)13(18)10(2)14;/h9-11H,4-8,14H2,1-3H3,(H,15,17);1H/t9?,10-,11?;/m1./s1. The normalized spacial score (nSPS) is 23.7. The largest absolute Gasteiger partial charge is 0.383 e. The van der Waals surface area contributed by atoms with E-state index in [0.29, 0.717) is 19.7 Å². The van der Waals surface area contributed by atoms with E-state index in [9.17, 15) is 9.59 Å². The molecule has 0 saturated carbocycles. The molecular weight excluding hydrogens is 282 g/mol. The molecule has 0 radical (unpaired) electrons. The highest BCUT2D eigenvalue weighted by Crippen LogP contribution is 2.22. The fourth-order valence-corrected chi connectivity index (χ4v) is 2.31. The summed E-state index contributed by atoms with van der Waals surface area (Å²) in [6.45, 7) is 5.14. The second kappa shape index (κ2) is 9.15. The molecule has 0 aromatic carbocycles. The Balaban J connectivity index is 0.00000361. The van der Waals surface area contributed by atoms with E-state index >= 15 is 0 Å². The van der Waals surface area contributed by atoms with Crippen molar-refractivity contribution in [1.82, 2.24) is 10.2 Å². The highest BCUT2D eigenvalue weighted by atomic mass is 35.5. The molecule has 0 spiro atoms. The molecule has 3 N–H and O–H groups in total. The maximum Gasteiger partial charge on any atom is 0.239 e. The number of amides is 2. The van der Waals surface area contributed by atoms with E-state index in [1.165, 1.54) is 0 Å². The number of ether oxygens (including phenoxy) is 1. The molecule has 3 atom stereocenters. The van der Waals surface area contributed by atoms with Crippen molar-refractivity contribution >= 4 is 24.2 Å². The fourth-order valence-electron chi connectivity index (χ4n) is 2.31. The van der Waals surface area contributed by atoms with Crippen LogP contribution in [0.25, 0.3) is 0 Å². The van der Waals surface area contributed by atoms with Gasteiger partial charge in [0.25, 0.3) is 0 Å². The van der Waals surface area contributed by atoms with Crippen LogP contribution in [0.3, 0.4) is 0 Å². The van der Waals surface area contributed by atoms with Crippen LogP contribution in [0.1, 0.15) is 26.7 Å². The molecule has 0 aromatic rings. The van der Waals surface area contributed by atoms with Crippen molar-refractivity contribution < 1.29 is 14.3 Å². The van der Waals surface area contributed by atoms with Gasteiger partial charge in [0.15, 0.2) is 0 Å². The first-order valence-electron chi connectivity index (χ1n) is 6.80. The van der Waals surface area contributed by atoms with Crippen LogP contribution >= 0.6 is 12.4 Å². The second-order valence-electron chi connectivity index (χ2n) is 5.19. The molecule has 2 amide bonds. The lowest BCUT2D eigenvalue weighted by Gasteiger charge is -2.38. The van der Waals surface area contributed by atoms with Gasteiger partial charge < -0.3 is 20.7 Å². The van der Waals surface area contributed by atoms with E-state index in [1.807, 2.05) is 6.92 Å². The molecule has 20 heavy (non-hydrogen) atoms. The number of carbonyl (C=O) groups is 2. The third kappa shape index (κ3) is 5.26. The Morgan fingerprint density at radius 2 is 2.10 bits per heavy atom. The molecule has 1 rings (SSSR count). The monoisotopic (exact) mass is 307 g/mol. The third-order valence-corrected chi connectivity index (χ3v) is 3.53. The Morgan fingerprint density at radius 3 is 2.65 bits per heavy atom. The molecule has 6 nitrogen and oxygen atoms in total. The van der Waals surface area contributed by atoms with E-state index in [4.69, 9.17) is 10.5 Å². The minimum absolute atomic E-state index is 0. The molecule has 7 heteroatoms.